The first-order valence-corrected chi connectivity index (χ1v) is 11.6. The van der Waals surface area contributed by atoms with Crippen LogP contribution in [0.2, 0.25) is 5.02 Å². The van der Waals surface area contributed by atoms with Crippen molar-refractivity contribution in [3.63, 3.8) is 0 Å². The first kappa shape index (κ1) is 25.6. The van der Waals surface area contributed by atoms with E-state index in [-0.39, 0.29) is 9.92 Å². The minimum atomic E-state index is -4.10. The van der Waals surface area contributed by atoms with Gasteiger partial charge in [-0.1, -0.05) is 38.4 Å². The summed E-state index contributed by atoms with van der Waals surface area (Å²) < 4.78 is 32.3. The summed E-state index contributed by atoms with van der Waals surface area (Å²) in [5.74, 6) is -3.12. The van der Waals surface area contributed by atoms with E-state index in [2.05, 4.69) is 15.5 Å². The molecule has 13 heteroatoms. The van der Waals surface area contributed by atoms with Gasteiger partial charge in [0, 0.05) is 5.02 Å². The van der Waals surface area contributed by atoms with E-state index in [1.165, 1.54) is 31.2 Å². The number of halogens is 1. The van der Waals surface area contributed by atoms with Crippen LogP contribution >= 0.6 is 11.6 Å². The number of sulfonamides is 1. The number of amides is 4. The lowest BCUT2D eigenvalue weighted by Gasteiger charge is -2.21. The molecule has 11 nitrogen and oxygen atoms in total. The third-order valence-corrected chi connectivity index (χ3v) is 6.53. The molecular weight excluding hydrogens is 464 g/mol. The maximum atomic E-state index is 12.6. The molecule has 4 amide bonds. The average molecular weight is 489 g/mol. The second-order valence-electron chi connectivity index (χ2n) is 7.70. The van der Waals surface area contributed by atoms with Crippen molar-refractivity contribution < 1.29 is 32.3 Å². The fourth-order valence-electron chi connectivity index (χ4n) is 2.73. The SMILES string of the molecule is CCC1(C)NC(=O)N(NC(=O)COC(=O)[C@@H](NS(=O)(=O)c2cccc(Cl)c2)C(C)C)C1=O. The van der Waals surface area contributed by atoms with Crippen LogP contribution in [0.4, 0.5) is 4.79 Å². The van der Waals surface area contributed by atoms with Crippen LogP contribution in [0.25, 0.3) is 0 Å². The highest BCUT2D eigenvalue weighted by molar-refractivity contribution is 7.89. The number of benzene rings is 1. The van der Waals surface area contributed by atoms with Crippen molar-refractivity contribution >= 4 is 45.4 Å². The molecule has 3 N–H and O–H groups in total. The zero-order valence-corrected chi connectivity index (χ0v) is 19.5. The fraction of sp³-hybridized carbons (Fsp3) is 0.474. The third kappa shape index (κ3) is 5.75. The normalized spacial score (nSPS) is 19.6. The number of hydrogen-bond donors (Lipinski definition) is 3. The summed E-state index contributed by atoms with van der Waals surface area (Å²) in [6, 6.07) is 3.38. The smallest absolute Gasteiger partial charge is 0.344 e. The average Bonchev–Trinajstić information content (AvgIpc) is 2.93. The number of imide groups is 1. The van der Waals surface area contributed by atoms with E-state index in [0.717, 1.165) is 0 Å². The monoisotopic (exact) mass is 488 g/mol. The largest absolute Gasteiger partial charge is 0.454 e. The molecule has 1 unspecified atom stereocenters. The van der Waals surface area contributed by atoms with Crippen molar-refractivity contribution in [3.8, 4) is 0 Å². The Balaban J connectivity index is 2.01. The van der Waals surface area contributed by atoms with Crippen LogP contribution in [0.1, 0.15) is 34.1 Å². The van der Waals surface area contributed by atoms with Crippen LogP contribution < -0.4 is 15.5 Å². The molecule has 0 spiro atoms. The van der Waals surface area contributed by atoms with Gasteiger partial charge in [0.15, 0.2) is 6.61 Å². The molecule has 176 valence electrons. The summed E-state index contributed by atoms with van der Waals surface area (Å²) >= 11 is 5.83. The van der Waals surface area contributed by atoms with Gasteiger partial charge in [-0.3, -0.25) is 19.8 Å². The molecule has 2 atom stereocenters. The van der Waals surface area contributed by atoms with Gasteiger partial charge in [-0.25, -0.2) is 13.2 Å². The van der Waals surface area contributed by atoms with Gasteiger partial charge in [-0.05, 0) is 37.5 Å². The Kier molecular flexibility index (Phi) is 7.86. The molecule has 0 bridgehead atoms. The minimum Gasteiger partial charge on any atom is -0.454 e. The van der Waals surface area contributed by atoms with Crippen LogP contribution in [0.15, 0.2) is 29.2 Å². The van der Waals surface area contributed by atoms with Crippen molar-refractivity contribution in [2.75, 3.05) is 6.61 Å². The van der Waals surface area contributed by atoms with E-state index < -0.39 is 57.9 Å². The summed E-state index contributed by atoms with van der Waals surface area (Å²) in [7, 11) is -4.10. The topological polar surface area (TPSA) is 151 Å². The molecule has 0 saturated carbocycles. The molecule has 1 aromatic carbocycles. The Morgan fingerprint density at radius 1 is 1.28 bits per heavy atom. The summed E-state index contributed by atoms with van der Waals surface area (Å²) in [4.78, 5) is 48.7. The van der Waals surface area contributed by atoms with Crippen molar-refractivity contribution in [1.29, 1.82) is 0 Å². The lowest BCUT2D eigenvalue weighted by Crippen LogP contribution is -2.50. The maximum absolute atomic E-state index is 12.6. The number of rotatable bonds is 9. The van der Waals surface area contributed by atoms with E-state index in [0.29, 0.717) is 11.4 Å². The number of carbonyl (C=O) groups is 4. The number of nitrogens with zero attached hydrogens (tertiary/aromatic N) is 1. The minimum absolute atomic E-state index is 0.140. The number of ether oxygens (including phenoxy) is 1. The molecule has 1 heterocycles. The second kappa shape index (κ2) is 9.84. The molecule has 1 aliphatic rings. The number of hydrogen-bond acceptors (Lipinski definition) is 7. The van der Waals surface area contributed by atoms with Crippen molar-refractivity contribution in [2.45, 2.75) is 50.6 Å². The predicted molar refractivity (Wildman–Crippen MR) is 114 cm³/mol. The highest BCUT2D eigenvalue weighted by Crippen LogP contribution is 2.19. The second-order valence-corrected chi connectivity index (χ2v) is 9.85. The Morgan fingerprint density at radius 3 is 2.47 bits per heavy atom. The van der Waals surface area contributed by atoms with E-state index in [1.807, 2.05) is 0 Å². The number of esters is 1. The lowest BCUT2D eigenvalue weighted by molar-refractivity contribution is -0.152. The highest BCUT2D eigenvalue weighted by Gasteiger charge is 2.47. The number of nitrogens with one attached hydrogen (secondary N) is 3. The molecule has 0 aromatic heterocycles. The number of urea groups is 1. The quantitative estimate of drug-likeness (QED) is 0.345. The summed E-state index contributed by atoms with van der Waals surface area (Å²) in [5, 5.41) is 3.17. The van der Waals surface area contributed by atoms with Crippen molar-refractivity contribution in [3.05, 3.63) is 29.3 Å². The Hall–Kier alpha value is -2.70. The first-order valence-electron chi connectivity index (χ1n) is 9.71. The predicted octanol–water partition coefficient (Wildman–Crippen LogP) is 0.938. The molecular formula is C19H25ClN4O7S. The van der Waals surface area contributed by atoms with Gasteiger partial charge in [0.1, 0.15) is 11.6 Å². The fourth-order valence-corrected chi connectivity index (χ4v) is 4.37. The van der Waals surface area contributed by atoms with E-state index in [1.54, 1.807) is 20.8 Å². The van der Waals surface area contributed by atoms with Crippen LogP contribution in [0, 0.1) is 5.92 Å². The molecule has 0 radical (unpaired) electrons. The van der Waals surface area contributed by atoms with E-state index >= 15 is 0 Å². The zero-order chi connectivity index (χ0) is 24.3. The van der Waals surface area contributed by atoms with Gasteiger partial charge >= 0.3 is 12.0 Å². The van der Waals surface area contributed by atoms with Gasteiger partial charge in [-0.2, -0.15) is 9.73 Å². The van der Waals surface area contributed by atoms with Crippen LogP contribution in [0.5, 0.6) is 0 Å². The molecule has 1 saturated heterocycles. The summed E-state index contributed by atoms with van der Waals surface area (Å²) in [6.07, 6.45) is 0.307. The molecule has 0 aliphatic carbocycles. The lowest BCUT2D eigenvalue weighted by atomic mass is 10.00. The van der Waals surface area contributed by atoms with Gasteiger partial charge < -0.3 is 10.1 Å². The maximum Gasteiger partial charge on any atom is 0.344 e. The van der Waals surface area contributed by atoms with Gasteiger partial charge in [-0.15, -0.1) is 0 Å². The van der Waals surface area contributed by atoms with E-state index in [9.17, 15) is 27.6 Å². The Morgan fingerprint density at radius 2 is 1.94 bits per heavy atom. The standard InChI is InChI=1S/C19H25ClN4O7S/c1-5-19(4)17(27)24(18(28)21-19)22-14(25)10-31-16(26)15(11(2)3)23-32(29,30)13-8-6-7-12(20)9-13/h6-9,11,15,23H,5,10H2,1-4H3,(H,21,28)(H,22,25)/t15-,19?/m0/s1. The number of carbonyl (C=O) groups excluding carboxylic acids is 4. The van der Waals surface area contributed by atoms with Crippen LogP contribution in [0.3, 0.4) is 0 Å². The van der Waals surface area contributed by atoms with Gasteiger partial charge in [0.25, 0.3) is 11.8 Å². The molecule has 2 rings (SSSR count). The van der Waals surface area contributed by atoms with Crippen molar-refractivity contribution in [1.82, 2.24) is 20.5 Å². The number of hydrazine groups is 1. The molecule has 32 heavy (non-hydrogen) atoms. The highest BCUT2D eigenvalue weighted by atomic mass is 35.5. The van der Waals surface area contributed by atoms with E-state index in [4.69, 9.17) is 16.3 Å². The third-order valence-electron chi connectivity index (χ3n) is 4.86. The Bertz CT molecular complexity index is 1030. The Labute approximate surface area is 190 Å². The molecule has 1 fully saturated rings. The van der Waals surface area contributed by atoms with Crippen LogP contribution in [-0.4, -0.2) is 55.4 Å². The summed E-state index contributed by atoms with van der Waals surface area (Å²) in [6.45, 7) is 5.55. The first-order chi connectivity index (χ1) is 14.8. The van der Waals surface area contributed by atoms with Gasteiger partial charge in [0.05, 0.1) is 4.90 Å². The van der Waals surface area contributed by atoms with Gasteiger partial charge in [0.2, 0.25) is 10.0 Å². The van der Waals surface area contributed by atoms with Crippen LogP contribution in [-0.2, 0) is 29.1 Å². The van der Waals surface area contributed by atoms with Crippen molar-refractivity contribution in [2.24, 2.45) is 5.92 Å². The zero-order valence-electron chi connectivity index (χ0n) is 18.0. The molecule has 1 aliphatic heterocycles. The molecule has 1 aromatic rings. The summed E-state index contributed by atoms with van der Waals surface area (Å²) in [5.41, 5.74) is 0.924.